The van der Waals surface area contributed by atoms with Crippen molar-refractivity contribution in [2.45, 2.75) is 75.5 Å². The van der Waals surface area contributed by atoms with Gasteiger partial charge in [0.15, 0.2) is 23.4 Å². The fourth-order valence-corrected chi connectivity index (χ4v) is 7.19. The summed E-state index contributed by atoms with van der Waals surface area (Å²) >= 11 is 0. The van der Waals surface area contributed by atoms with Crippen LogP contribution >= 0.6 is 0 Å². The summed E-state index contributed by atoms with van der Waals surface area (Å²) in [7, 11) is 3.33. The van der Waals surface area contributed by atoms with Gasteiger partial charge in [0, 0.05) is 30.5 Å². The predicted molar refractivity (Wildman–Crippen MR) is 139 cm³/mol. The first-order valence-electron chi connectivity index (χ1n) is 13.7. The number of hydrogen-bond acceptors (Lipinski definition) is 7. The number of likely N-dealkylation sites (tertiary alicyclic amines) is 1. The zero-order valence-electron chi connectivity index (χ0n) is 23.0. The van der Waals surface area contributed by atoms with E-state index in [1.165, 1.54) is 7.05 Å². The molecule has 11 heteroatoms. The Hall–Kier alpha value is -2.79. The third-order valence-corrected chi connectivity index (χ3v) is 8.93. The van der Waals surface area contributed by atoms with Gasteiger partial charge in [-0.3, -0.25) is 9.59 Å². The summed E-state index contributed by atoms with van der Waals surface area (Å²) in [5.41, 5.74) is 7.36. The van der Waals surface area contributed by atoms with Crippen LogP contribution in [0.3, 0.4) is 0 Å². The lowest BCUT2D eigenvalue weighted by Gasteiger charge is -2.57. The highest BCUT2D eigenvalue weighted by Crippen LogP contribution is 2.63. The molecule has 2 bridgehead atoms. The molecule has 2 fully saturated rings. The monoisotopic (exact) mass is 548 g/mol. The van der Waals surface area contributed by atoms with E-state index in [0.717, 1.165) is 41.8 Å². The first-order valence-corrected chi connectivity index (χ1v) is 13.7. The van der Waals surface area contributed by atoms with Crippen LogP contribution in [0.15, 0.2) is 12.1 Å². The number of halogens is 2. The van der Waals surface area contributed by atoms with Gasteiger partial charge in [-0.25, -0.2) is 13.6 Å². The number of nitrogens with two attached hydrogens (primary N) is 1. The van der Waals surface area contributed by atoms with Crippen molar-refractivity contribution < 1.29 is 32.6 Å². The van der Waals surface area contributed by atoms with Gasteiger partial charge >= 0.3 is 6.09 Å². The lowest BCUT2D eigenvalue weighted by molar-refractivity contribution is -0.138. The van der Waals surface area contributed by atoms with E-state index < -0.39 is 48.6 Å². The molecule has 2 unspecified atom stereocenters. The molecule has 9 nitrogen and oxygen atoms in total. The Morgan fingerprint density at radius 2 is 2.10 bits per heavy atom. The van der Waals surface area contributed by atoms with Gasteiger partial charge in [-0.15, -0.1) is 0 Å². The summed E-state index contributed by atoms with van der Waals surface area (Å²) in [5, 5.41) is 2.18. The van der Waals surface area contributed by atoms with Crippen LogP contribution in [-0.2, 0) is 21.4 Å². The number of nitrogens with one attached hydrogen (secondary N) is 1. The zero-order valence-corrected chi connectivity index (χ0v) is 23.0. The summed E-state index contributed by atoms with van der Waals surface area (Å²) in [6, 6.07) is 2.97. The number of alkyl halides is 2. The van der Waals surface area contributed by atoms with E-state index in [1.807, 2.05) is 19.9 Å². The van der Waals surface area contributed by atoms with E-state index in [4.69, 9.17) is 15.2 Å². The van der Waals surface area contributed by atoms with Crippen LogP contribution in [-0.4, -0.2) is 85.4 Å². The molecule has 2 amide bonds. The fourth-order valence-electron chi connectivity index (χ4n) is 7.19. The Morgan fingerprint density at radius 1 is 1.36 bits per heavy atom. The molecule has 1 spiro atoms. The standard InChI is InChI=1S/C28H38F2N4O5/c1-15(2)11-18(31)25(36)32-13-27(29,30)14-34(4)26(37)38-21-8-5-16-12-19-17-6-7-20(35)24-28(17,9-10-33(19)3)22(16)23(21)39-24/h5,8,15,17-19,24H,6-7,9-14,31H2,1-4H3,(H,32,36)/t17?,18-,19+,24?,28-/m0/s1. The van der Waals surface area contributed by atoms with E-state index in [1.54, 1.807) is 6.07 Å². The second-order valence-corrected chi connectivity index (χ2v) is 12.1. The number of Topliss-reactive ketones (excluding diaryl/α,β-unsaturated/α-hetero) is 1. The summed E-state index contributed by atoms with van der Waals surface area (Å²) in [5.74, 6) is -3.07. The van der Waals surface area contributed by atoms with Crippen LogP contribution in [0, 0.1) is 11.8 Å². The molecule has 5 atom stereocenters. The Balaban J connectivity index is 1.30. The van der Waals surface area contributed by atoms with E-state index in [2.05, 4.69) is 17.3 Å². The fraction of sp³-hybridized carbons (Fsp3) is 0.679. The lowest BCUT2D eigenvalue weighted by atomic mass is 9.52. The van der Waals surface area contributed by atoms with Gasteiger partial charge in [-0.1, -0.05) is 19.9 Å². The van der Waals surface area contributed by atoms with Gasteiger partial charge in [0.05, 0.1) is 19.1 Å². The zero-order chi connectivity index (χ0) is 28.3. The highest BCUT2D eigenvalue weighted by Gasteiger charge is 2.65. The Morgan fingerprint density at radius 3 is 2.82 bits per heavy atom. The van der Waals surface area contributed by atoms with Crippen LogP contribution in [0.4, 0.5) is 13.6 Å². The lowest BCUT2D eigenvalue weighted by Crippen LogP contribution is -2.65. The third kappa shape index (κ3) is 4.77. The smallest absolute Gasteiger partial charge is 0.415 e. The molecule has 5 rings (SSSR count). The minimum atomic E-state index is -3.40. The predicted octanol–water partition coefficient (Wildman–Crippen LogP) is 2.48. The topological polar surface area (TPSA) is 114 Å². The Bertz CT molecular complexity index is 1180. The number of amides is 2. The minimum Gasteiger partial charge on any atom is -0.477 e. The molecule has 0 aromatic heterocycles. The maximum absolute atomic E-state index is 14.6. The van der Waals surface area contributed by atoms with Crippen molar-refractivity contribution >= 4 is 17.8 Å². The summed E-state index contributed by atoms with van der Waals surface area (Å²) in [6.45, 7) is 2.70. The molecule has 39 heavy (non-hydrogen) atoms. The van der Waals surface area contributed by atoms with Crippen molar-refractivity contribution in [2.24, 2.45) is 17.6 Å². The third-order valence-electron chi connectivity index (χ3n) is 8.93. The average molecular weight is 549 g/mol. The number of ketones is 1. The number of hydrogen-bond donors (Lipinski definition) is 2. The van der Waals surface area contributed by atoms with Gasteiger partial charge in [0.25, 0.3) is 5.92 Å². The van der Waals surface area contributed by atoms with Crippen molar-refractivity contribution in [2.75, 3.05) is 33.7 Å². The molecular formula is C28H38F2N4O5. The van der Waals surface area contributed by atoms with Gasteiger partial charge in [-0.2, -0.15) is 0 Å². The van der Waals surface area contributed by atoms with Crippen LogP contribution in [0.1, 0.15) is 50.7 Å². The van der Waals surface area contributed by atoms with Gasteiger partial charge in [-0.05, 0) is 62.7 Å². The number of rotatable bonds is 8. The SMILES string of the molecule is CC(C)C[C@H](N)C(=O)NCC(F)(F)CN(C)C(=O)Oc1ccc2c3c1OC1C(=O)CCC4[C@@H](C2)N(C)CC[C@]314. The maximum Gasteiger partial charge on any atom is 0.415 e. The summed E-state index contributed by atoms with van der Waals surface area (Å²) in [4.78, 5) is 41.1. The van der Waals surface area contributed by atoms with Crippen LogP contribution < -0.4 is 20.5 Å². The van der Waals surface area contributed by atoms with Crippen LogP contribution in [0.25, 0.3) is 0 Å². The highest BCUT2D eigenvalue weighted by molar-refractivity contribution is 5.89. The Labute approximate surface area is 227 Å². The second kappa shape index (κ2) is 9.99. The first kappa shape index (κ1) is 27.8. The normalized spacial score (nSPS) is 28.0. The quantitative estimate of drug-likeness (QED) is 0.513. The minimum absolute atomic E-state index is 0.0581. The number of likely N-dealkylation sites (N-methyl/N-ethyl adjacent to an activating group) is 1. The highest BCUT2D eigenvalue weighted by atomic mass is 19.3. The average Bonchev–Trinajstić information content (AvgIpc) is 3.22. The molecular weight excluding hydrogens is 510 g/mol. The molecule has 2 aliphatic heterocycles. The second-order valence-electron chi connectivity index (χ2n) is 12.1. The van der Waals surface area contributed by atoms with E-state index >= 15 is 0 Å². The largest absolute Gasteiger partial charge is 0.477 e. The number of carbonyl (C=O) groups excluding carboxylic acids is 3. The molecule has 2 heterocycles. The molecule has 3 N–H and O–H groups in total. The first-order chi connectivity index (χ1) is 18.3. The van der Waals surface area contributed by atoms with Crippen molar-refractivity contribution in [3.63, 3.8) is 0 Å². The van der Waals surface area contributed by atoms with E-state index in [9.17, 15) is 23.2 Å². The molecule has 1 aromatic rings. The molecule has 2 aliphatic carbocycles. The number of piperidine rings is 1. The van der Waals surface area contributed by atoms with Gasteiger partial charge in [0.1, 0.15) is 0 Å². The van der Waals surface area contributed by atoms with Crippen LogP contribution in [0.2, 0.25) is 0 Å². The summed E-state index contributed by atoms with van der Waals surface area (Å²) < 4.78 is 41.1. The Kier molecular flexibility index (Phi) is 7.12. The number of benzene rings is 1. The molecule has 1 saturated carbocycles. The van der Waals surface area contributed by atoms with Crippen molar-refractivity contribution in [3.05, 3.63) is 23.3 Å². The summed E-state index contributed by atoms with van der Waals surface area (Å²) in [6.07, 6.45) is 1.63. The van der Waals surface area contributed by atoms with Crippen molar-refractivity contribution in [1.82, 2.24) is 15.1 Å². The van der Waals surface area contributed by atoms with Crippen LogP contribution in [0.5, 0.6) is 11.5 Å². The molecule has 1 saturated heterocycles. The molecule has 4 aliphatic rings. The van der Waals surface area contributed by atoms with Gasteiger partial charge < -0.3 is 30.3 Å². The van der Waals surface area contributed by atoms with E-state index in [0.29, 0.717) is 24.6 Å². The molecule has 214 valence electrons. The number of nitrogens with zero attached hydrogens (tertiary/aromatic N) is 2. The van der Waals surface area contributed by atoms with E-state index in [-0.39, 0.29) is 23.4 Å². The van der Waals surface area contributed by atoms with Gasteiger partial charge in [0.2, 0.25) is 5.91 Å². The molecule has 0 radical (unpaired) electrons. The van der Waals surface area contributed by atoms with Crippen molar-refractivity contribution in [3.8, 4) is 11.5 Å². The number of carbonyl (C=O) groups is 3. The molecule has 1 aromatic carbocycles. The van der Waals surface area contributed by atoms with Crippen molar-refractivity contribution in [1.29, 1.82) is 0 Å². The maximum atomic E-state index is 14.6. The number of ether oxygens (including phenoxy) is 2.